The zero-order valence-electron chi connectivity index (χ0n) is 11.7. The van der Waals surface area contributed by atoms with Gasteiger partial charge < -0.3 is 4.74 Å². The highest BCUT2D eigenvalue weighted by Crippen LogP contribution is 2.34. The number of nitrogens with zero attached hydrogens (tertiary/aromatic N) is 1. The Labute approximate surface area is 111 Å². The van der Waals surface area contributed by atoms with E-state index in [-0.39, 0.29) is 5.41 Å². The van der Waals surface area contributed by atoms with E-state index in [0.717, 1.165) is 37.0 Å². The Morgan fingerprint density at radius 1 is 1.06 bits per heavy atom. The Morgan fingerprint density at radius 2 is 1.61 bits per heavy atom. The second-order valence-electron chi connectivity index (χ2n) is 4.65. The number of benzene rings is 1. The normalized spacial score (nSPS) is 11.0. The first-order valence-corrected chi connectivity index (χ1v) is 6.87. The largest absolute Gasteiger partial charge is 0.494 e. The predicted octanol–water partition coefficient (Wildman–Crippen LogP) is 4.45. The van der Waals surface area contributed by atoms with Crippen LogP contribution >= 0.6 is 0 Å². The summed E-state index contributed by atoms with van der Waals surface area (Å²) in [6.45, 7) is 6.92. The molecule has 1 rings (SSSR count). The summed E-state index contributed by atoms with van der Waals surface area (Å²) >= 11 is 0. The van der Waals surface area contributed by atoms with Crippen molar-refractivity contribution in [1.82, 2.24) is 0 Å². The van der Waals surface area contributed by atoms with Gasteiger partial charge in [-0.2, -0.15) is 5.26 Å². The molecule has 18 heavy (non-hydrogen) atoms. The Kier molecular flexibility index (Phi) is 5.71. The monoisotopic (exact) mass is 245 g/mol. The van der Waals surface area contributed by atoms with Crippen molar-refractivity contribution in [1.29, 1.82) is 5.26 Å². The lowest BCUT2D eigenvalue weighted by molar-refractivity contribution is 0.339. The van der Waals surface area contributed by atoms with Crippen LogP contribution in [0.2, 0.25) is 0 Å². The van der Waals surface area contributed by atoms with Gasteiger partial charge >= 0.3 is 0 Å². The van der Waals surface area contributed by atoms with Gasteiger partial charge in [0, 0.05) is 0 Å². The molecule has 0 unspecified atom stereocenters. The van der Waals surface area contributed by atoms with Gasteiger partial charge in [0.05, 0.1) is 18.1 Å². The quantitative estimate of drug-likeness (QED) is 0.711. The van der Waals surface area contributed by atoms with E-state index >= 15 is 0 Å². The van der Waals surface area contributed by atoms with Crippen molar-refractivity contribution in [3.63, 3.8) is 0 Å². The lowest BCUT2D eigenvalue weighted by Crippen LogP contribution is -2.23. The van der Waals surface area contributed by atoms with Crippen molar-refractivity contribution >= 4 is 0 Å². The first-order chi connectivity index (χ1) is 8.72. The fourth-order valence-electron chi connectivity index (χ4n) is 2.48. The van der Waals surface area contributed by atoms with Crippen molar-refractivity contribution in [2.45, 2.75) is 51.9 Å². The summed E-state index contributed by atoms with van der Waals surface area (Å²) < 4.78 is 5.44. The van der Waals surface area contributed by atoms with E-state index in [0.29, 0.717) is 6.61 Å². The molecular weight excluding hydrogens is 222 g/mol. The molecule has 1 aromatic carbocycles. The van der Waals surface area contributed by atoms with Crippen LogP contribution in [0.25, 0.3) is 0 Å². The third kappa shape index (κ3) is 3.26. The van der Waals surface area contributed by atoms with Gasteiger partial charge in [-0.3, -0.25) is 0 Å². The topological polar surface area (TPSA) is 33.0 Å². The SMILES string of the molecule is CCCC(C#N)(CCC)c1ccc(OCC)cc1. The van der Waals surface area contributed by atoms with Crippen LogP contribution in [0.4, 0.5) is 0 Å². The Hall–Kier alpha value is -1.49. The first-order valence-electron chi connectivity index (χ1n) is 6.87. The Morgan fingerprint density at radius 3 is 2.00 bits per heavy atom. The van der Waals surface area contributed by atoms with E-state index in [1.165, 1.54) is 0 Å². The highest BCUT2D eigenvalue weighted by molar-refractivity contribution is 5.36. The highest BCUT2D eigenvalue weighted by Gasteiger charge is 2.30. The maximum atomic E-state index is 9.58. The minimum absolute atomic E-state index is 0.325. The lowest BCUT2D eigenvalue weighted by atomic mass is 9.75. The van der Waals surface area contributed by atoms with Gasteiger partial charge in [0.2, 0.25) is 0 Å². The molecule has 0 aliphatic heterocycles. The van der Waals surface area contributed by atoms with Crippen LogP contribution in [0.15, 0.2) is 24.3 Å². The fourth-order valence-corrected chi connectivity index (χ4v) is 2.48. The van der Waals surface area contributed by atoms with E-state index in [2.05, 4.69) is 19.9 Å². The van der Waals surface area contributed by atoms with Crippen LogP contribution < -0.4 is 4.74 Å². The molecule has 0 aromatic heterocycles. The molecule has 1 aromatic rings. The summed E-state index contributed by atoms with van der Waals surface area (Å²) in [5.41, 5.74) is 0.797. The van der Waals surface area contributed by atoms with Crippen LogP contribution in [0.5, 0.6) is 5.75 Å². The first kappa shape index (κ1) is 14.6. The molecule has 0 saturated carbocycles. The van der Waals surface area contributed by atoms with E-state index in [1.807, 2.05) is 31.2 Å². The number of nitriles is 1. The molecule has 2 heteroatoms. The van der Waals surface area contributed by atoms with Gasteiger partial charge in [0.25, 0.3) is 0 Å². The van der Waals surface area contributed by atoms with Crippen LogP contribution in [-0.2, 0) is 5.41 Å². The van der Waals surface area contributed by atoms with Crippen molar-refractivity contribution in [2.24, 2.45) is 0 Å². The molecular formula is C16H23NO. The standard InChI is InChI=1S/C16H23NO/c1-4-11-16(13-17,12-5-2)14-7-9-15(10-8-14)18-6-3/h7-10H,4-6,11-12H2,1-3H3. The minimum atomic E-state index is -0.325. The van der Waals surface area contributed by atoms with Gasteiger partial charge in [0.1, 0.15) is 5.75 Å². The minimum Gasteiger partial charge on any atom is -0.494 e. The van der Waals surface area contributed by atoms with Crippen molar-refractivity contribution in [3.05, 3.63) is 29.8 Å². The molecule has 98 valence electrons. The molecule has 2 nitrogen and oxygen atoms in total. The van der Waals surface area contributed by atoms with Crippen LogP contribution in [0, 0.1) is 11.3 Å². The highest BCUT2D eigenvalue weighted by atomic mass is 16.5. The number of ether oxygens (including phenoxy) is 1. The Bertz CT molecular complexity index is 383. The van der Waals surface area contributed by atoms with Crippen molar-refractivity contribution in [3.8, 4) is 11.8 Å². The number of rotatable bonds is 7. The molecule has 0 radical (unpaired) electrons. The summed E-state index contributed by atoms with van der Waals surface area (Å²) in [6.07, 6.45) is 3.90. The second-order valence-corrected chi connectivity index (χ2v) is 4.65. The summed E-state index contributed by atoms with van der Waals surface area (Å²) in [5, 5.41) is 9.58. The van der Waals surface area contributed by atoms with E-state index in [4.69, 9.17) is 4.74 Å². The number of hydrogen-bond acceptors (Lipinski definition) is 2. The zero-order valence-corrected chi connectivity index (χ0v) is 11.7. The van der Waals surface area contributed by atoms with Crippen LogP contribution in [0.3, 0.4) is 0 Å². The maximum Gasteiger partial charge on any atom is 0.119 e. The smallest absolute Gasteiger partial charge is 0.119 e. The predicted molar refractivity (Wildman–Crippen MR) is 74.7 cm³/mol. The van der Waals surface area contributed by atoms with Crippen LogP contribution in [0.1, 0.15) is 52.0 Å². The van der Waals surface area contributed by atoms with Crippen LogP contribution in [-0.4, -0.2) is 6.61 Å². The molecule has 0 spiro atoms. The van der Waals surface area contributed by atoms with Gasteiger partial charge in [-0.1, -0.05) is 38.8 Å². The lowest BCUT2D eigenvalue weighted by Gasteiger charge is -2.26. The summed E-state index contributed by atoms with van der Waals surface area (Å²) in [4.78, 5) is 0. The van der Waals surface area contributed by atoms with E-state index < -0.39 is 0 Å². The molecule has 0 aliphatic rings. The maximum absolute atomic E-state index is 9.58. The van der Waals surface area contributed by atoms with Gasteiger partial charge in [-0.15, -0.1) is 0 Å². The van der Waals surface area contributed by atoms with Gasteiger partial charge in [-0.05, 0) is 37.5 Å². The van der Waals surface area contributed by atoms with E-state index in [1.54, 1.807) is 0 Å². The average Bonchev–Trinajstić information content (AvgIpc) is 2.39. The van der Waals surface area contributed by atoms with Gasteiger partial charge in [0.15, 0.2) is 0 Å². The molecule has 0 bridgehead atoms. The molecule has 0 amide bonds. The van der Waals surface area contributed by atoms with Crippen molar-refractivity contribution in [2.75, 3.05) is 6.61 Å². The Balaban J connectivity index is 3.01. The molecule has 0 saturated heterocycles. The zero-order chi connectivity index (χ0) is 13.4. The molecule has 0 N–H and O–H groups in total. The van der Waals surface area contributed by atoms with Crippen molar-refractivity contribution < 1.29 is 4.74 Å². The second kappa shape index (κ2) is 7.06. The summed E-state index contributed by atoms with van der Waals surface area (Å²) in [7, 11) is 0. The molecule has 0 fully saturated rings. The molecule has 0 aliphatic carbocycles. The summed E-state index contributed by atoms with van der Waals surface area (Å²) in [6, 6.07) is 10.6. The van der Waals surface area contributed by atoms with Gasteiger partial charge in [-0.25, -0.2) is 0 Å². The average molecular weight is 245 g/mol. The molecule has 0 atom stereocenters. The fraction of sp³-hybridized carbons (Fsp3) is 0.562. The van der Waals surface area contributed by atoms with E-state index in [9.17, 15) is 5.26 Å². The third-order valence-corrected chi connectivity index (χ3v) is 3.29. The summed E-state index contributed by atoms with van der Waals surface area (Å²) in [5.74, 6) is 0.876. The number of hydrogen-bond donors (Lipinski definition) is 0. The third-order valence-electron chi connectivity index (χ3n) is 3.29. The molecule has 0 heterocycles.